The Morgan fingerprint density at radius 2 is 2.15 bits per heavy atom. The molecule has 1 fully saturated rings. The van der Waals surface area contributed by atoms with Gasteiger partial charge >= 0.3 is 6.03 Å². The summed E-state index contributed by atoms with van der Waals surface area (Å²) in [5.74, 6) is 0.970. The van der Waals surface area contributed by atoms with Crippen LogP contribution in [0.1, 0.15) is 24.9 Å². The van der Waals surface area contributed by atoms with Gasteiger partial charge in [-0.05, 0) is 31.2 Å². The zero-order chi connectivity index (χ0) is 19.3. The number of hydrogen-bond donors (Lipinski definition) is 1. The van der Waals surface area contributed by atoms with Crippen LogP contribution in [0.5, 0.6) is 11.5 Å². The highest BCUT2D eigenvalue weighted by atomic mass is 35.5. The number of methoxy groups -OCH3 is 1. The fourth-order valence-electron chi connectivity index (χ4n) is 3.68. The molecule has 2 bridgehead atoms. The molecule has 8 nitrogen and oxygen atoms in total. The van der Waals surface area contributed by atoms with E-state index >= 15 is 0 Å². The van der Waals surface area contributed by atoms with Crippen molar-refractivity contribution in [2.45, 2.75) is 25.1 Å². The van der Waals surface area contributed by atoms with Crippen LogP contribution in [0.4, 0.5) is 16.2 Å². The number of non-ortho nitro benzene ring substituents is 1. The summed E-state index contributed by atoms with van der Waals surface area (Å²) in [7, 11) is 1.51. The largest absolute Gasteiger partial charge is 0.495 e. The number of anilines is 1. The van der Waals surface area contributed by atoms with Crippen molar-refractivity contribution >= 4 is 29.0 Å². The number of rotatable bonds is 3. The molecule has 0 radical (unpaired) electrons. The standard InChI is InChI=1S/C18H16ClN3O5/c1-18-9-13(12-8-11(22(24)25)4-6-15(12)27-18)20-17(23)21(18)14-7-10(19)3-5-16(14)26-2/h3-8,13H,9H2,1-2H3,(H,20,23)/t13-,18+/m1/s1. The van der Waals surface area contributed by atoms with Gasteiger partial charge in [0.2, 0.25) is 0 Å². The number of fused-ring (bicyclic) bond motifs is 4. The van der Waals surface area contributed by atoms with Gasteiger partial charge in [-0.3, -0.25) is 15.0 Å². The number of nitro benzene ring substituents is 1. The lowest BCUT2D eigenvalue weighted by Gasteiger charge is -2.50. The van der Waals surface area contributed by atoms with Gasteiger partial charge in [-0.2, -0.15) is 0 Å². The molecule has 140 valence electrons. The Morgan fingerprint density at radius 1 is 1.37 bits per heavy atom. The summed E-state index contributed by atoms with van der Waals surface area (Å²) in [5, 5.41) is 14.4. The normalized spacial score (nSPS) is 23.1. The third-order valence-corrected chi connectivity index (χ3v) is 5.08. The van der Waals surface area contributed by atoms with E-state index in [9.17, 15) is 14.9 Å². The number of ether oxygens (including phenoxy) is 2. The predicted molar refractivity (Wildman–Crippen MR) is 98.5 cm³/mol. The number of benzene rings is 2. The molecule has 2 aliphatic heterocycles. The third-order valence-electron chi connectivity index (χ3n) is 4.85. The highest BCUT2D eigenvalue weighted by Gasteiger charge is 2.50. The zero-order valence-electron chi connectivity index (χ0n) is 14.6. The SMILES string of the molecule is COc1ccc(Cl)cc1N1C(=O)N[C@@H]2C[C@]1(C)Oc1ccc([N+](=O)[O-])cc12. The van der Waals surface area contributed by atoms with E-state index in [1.807, 2.05) is 0 Å². The summed E-state index contributed by atoms with van der Waals surface area (Å²) >= 11 is 6.13. The summed E-state index contributed by atoms with van der Waals surface area (Å²) in [6, 6.07) is 8.58. The lowest BCUT2D eigenvalue weighted by molar-refractivity contribution is -0.385. The second kappa shape index (κ2) is 6.02. The Hall–Kier alpha value is -3.00. The average molecular weight is 390 g/mol. The first kappa shape index (κ1) is 17.4. The number of carbonyl (C=O) groups excluding carboxylic acids is 1. The lowest BCUT2D eigenvalue weighted by atomic mass is 9.90. The number of nitro groups is 1. The Labute approximate surface area is 159 Å². The summed E-state index contributed by atoms with van der Waals surface area (Å²) in [6.45, 7) is 1.80. The van der Waals surface area contributed by atoms with Crippen LogP contribution >= 0.6 is 11.6 Å². The van der Waals surface area contributed by atoms with Crippen LogP contribution in [-0.2, 0) is 0 Å². The van der Waals surface area contributed by atoms with Crippen molar-refractivity contribution in [1.82, 2.24) is 5.32 Å². The van der Waals surface area contributed by atoms with Crippen molar-refractivity contribution < 1.29 is 19.2 Å². The van der Waals surface area contributed by atoms with Gasteiger partial charge in [0.15, 0.2) is 5.72 Å². The number of amides is 2. The first-order chi connectivity index (χ1) is 12.8. The van der Waals surface area contributed by atoms with E-state index < -0.39 is 22.7 Å². The van der Waals surface area contributed by atoms with Gasteiger partial charge in [-0.15, -0.1) is 0 Å². The van der Waals surface area contributed by atoms with Crippen molar-refractivity contribution in [2.75, 3.05) is 12.0 Å². The molecule has 2 aromatic carbocycles. The first-order valence-corrected chi connectivity index (χ1v) is 8.62. The van der Waals surface area contributed by atoms with E-state index in [0.29, 0.717) is 34.2 Å². The molecule has 1 saturated heterocycles. The van der Waals surface area contributed by atoms with Crippen molar-refractivity contribution in [3.8, 4) is 11.5 Å². The zero-order valence-corrected chi connectivity index (χ0v) is 15.3. The maximum Gasteiger partial charge on any atom is 0.325 e. The summed E-state index contributed by atoms with van der Waals surface area (Å²) in [4.78, 5) is 25.0. The van der Waals surface area contributed by atoms with Gasteiger partial charge in [-0.25, -0.2) is 4.79 Å². The first-order valence-electron chi connectivity index (χ1n) is 8.24. The molecule has 1 N–H and O–H groups in total. The second-order valence-corrected chi connectivity index (χ2v) is 7.05. The molecule has 0 unspecified atom stereocenters. The van der Waals surface area contributed by atoms with Crippen molar-refractivity contribution in [1.29, 1.82) is 0 Å². The molecule has 9 heteroatoms. The summed E-state index contributed by atoms with van der Waals surface area (Å²) < 4.78 is 11.5. The van der Waals surface area contributed by atoms with E-state index in [4.69, 9.17) is 21.1 Å². The van der Waals surface area contributed by atoms with Crippen LogP contribution in [0.15, 0.2) is 36.4 Å². The number of hydrogen-bond acceptors (Lipinski definition) is 5. The minimum Gasteiger partial charge on any atom is -0.495 e. The number of nitrogens with one attached hydrogen (secondary N) is 1. The Kier molecular flexibility index (Phi) is 3.88. The van der Waals surface area contributed by atoms with Gasteiger partial charge in [-0.1, -0.05) is 11.6 Å². The number of carbonyl (C=O) groups is 1. The molecule has 2 atom stereocenters. The predicted octanol–water partition coefficient (Wildman–Crippen LogP) is 4.03. The topological polar surface area (TPSA) is 93.9 Å². The van der Waals surface area contributed by atoms with E-state index in [0.717, 1.165) is 0 Å². The summed E-state index contributed by atoms with van der Waals surface area (Å²) in [5.41, 5.74) is 0.0179. The van der Waals surface area contributed by atoms with E-state index in [1.54, 1.807) is 31.2 Å². The van der Waals surface area contributed by atoms with Crippen LogP contribution in [-0.4, -0.2) is 23.8 Å². The van der Waals surface area contributed by atoms with Crippen molar-refractivity contribution in [2.24, 2.45) is 0 Å². The average Bonchev–Trinajstić information content (AvgIpc) is 2.60. The maximum absolute atomic E-state index is 12.9. The number of urea groups is 1. The molecular weight excluding hydrogens is 374 g/mol. The lowest BCUT2D eigenvalue weighted by Crippen LogP contribution is -2.65. The van der Waals surface area contributed by atoms with Gasteiger partial charge in [0, 0.05) is 29.1 Å². The summed E-state index contributed by atoms with van der Waals surface area (Å²) in [6.07, 6.45) is 0.405. The molecular formula is C18H16ClN3O5. The van der Waals surface area contributed by atoms with Gasteiger partial charge < -0.3 is 14.8 Å². The Bertz CT molecular complexity index is 966. The fraction of sp³-hybridized carbons (Fsp3) is 0.278. The van der Waals surface area contributed by atoms with E-state index in [2.05, 4.69) is 5.32 Å². The molecule has 0 aromatic heterocycles. The van der Waals surface area contributed by atoms with Crippen LogP contribution in [0, 0.1) is 10.1 Å². The number of halogens is 1. The van der Waals surface area contributed by atoms with Crippen LogP contribution in [0.3, 0.4) is 0 Å². The minimum atomic E-state index is -1.01. The van der Waals surface area contributed by atoms with Crippen molar-refractivity contribution in [3.05, 3.63) is 57.1 Å². The monoisotopic (exact) mass is 389 g/mol. The smallest absolute Gasteiger partial charge is 0.325 e. The van der Waals surface area contributed by atoms with Gasteiger partial charge in [0.1, 0.15) is 11.5 Å². The minimum absolute atomic E-state index is 0.0471. The third kappa shape index (κ3) is 2.73. The van der Waals surface area contributed by atoms with E-state index in [1.165, 1.54) is 24.1 Å². The Balaban J connectivity index is 1.81. The molecule has 27 heavy (non-hydrogen) atoms. The molecule has 0 spiro atoms. The van der Waals surface area contributed by atoms with Crippen molar-refractivity contribution in [3.63, 3.8) is 0 Å². The van der Waals surface area contributed by atoms with Crippen LogP contribution < -0.4 is 19.7 Å². The molecule has 2 aromatic rings. The number of nitrogens with zero attached hydrogens (tertiary/aromatic N) is 2. The highest BCUT2D eigenvalue weighted by molar-refractivity contribution is 6.31. The molecule has 2 amide bonds. The van der Waals surface area contributed by atoms with E-state index in [-0.39, 0.29) is 5.69 Å². The van der Waals surface area contributed by atoms with Gasteiger partial charge in [0.05, 0.1) is 23.8 Å². The molecule has 2 aliphatic rings. The quantitative estimate of drug-likeness (QED) is 0.631. The molecule has 2 heterocycles. The molecule has 0 aliphatic carbocycles. The maximum atomic E-state index is 12.9. The van der Waals surface area contributed by atoms with Crippen LogP contribution in [0.2, 0.25) is 5.02 Å². The van der Waals surface area contributed by atoms with Crippen LogP contribution in [0.25, 0.3) is 0 Å². The molecule has 0 saturated carbocycles. The highest BCUT2D eigenvalue weighted by Crippen LogP contribution is 2.48. The van der Waals surface area contributed by atoms with Gasteiger partial charge in [0.25, 0.3) is 5.69 Å². The second-order valence-electron chi connectivity index (χ2n) is 6.61. The Morgan fingerprint density at radius 3 is 2.85 bits per heavy atom. The molecule has 4 rings (SSSR count). The fourth-order valence-corrected chi connectivity index (χ4v) is 3.84.